The first-order valence-electron chi connectivity index (χ1n) is 13.3. The summed E-state index contributed by atoms with van der Waals surface area (Å²) in [5.74, 6) is -0.575. The first-order chi connectivity index (χ1) is 19.5. The Morgan fingerprint density at radius 1 is 0.927 bits per heavy atom. The number of nitrogens with one attached hydrogen (secondary N) is 1. The van der Waals surface area contributed by atoms with Crippen LogP contribution in [0.3, 0.4) is 0 Å². The van der Waals surface area contributed by atoms with Gasteiger partial charge in [-0.2, -0.15) is 0 Å². The molecule has 0 bridgehead atoms. The molecule has 7 nitrogen and oxygen atoms in total. The maximum Gasteiger partial charge on any atom is 0.243 e. The zero-order chi connectivity index (χ0) is 30.0. The van der Waals surface area contributed by atoms with E-state index in [-0.39, 0.29) is 37.7 Å². The molecule has 3 aromatic carbocycles. The van der Waals surface area contributed by atoms with Crippen molar-refractivity contribution in [1.29, 1.82) is 0 Å². The molecule has 0 aliphatic rings. The van der Waals surface area contributed by atoms with Crippen molar-refractivity contribution in [2.24, 2.45) is 0 Å². The second kappa shape index (κ2) is 15.4. The number of sulfonamides is 1. The Bertz CT molecular complexity index is 1440. The highest BCUT2D eigenvalue weighted by Crippen LogP contribution is 2.26. The number of halogens is 3. The molecule has 0 aromatic heterocycles. The van der Waals surface area contributed by atoms with Crippen LogP contribution in [0.2, 0.25) is 15.1 Å². The first kappa shape index (κ1) is 32.7. The van der Waals surface area contributed by atoms with Crippen LogP contribution in [-0.4, -0.2) is 50.5 Å². The highest BCUT2D eigenvalue weighted by atomic mass is 35.5. The molecule has 0 aliphatic carbocycles. The van der Waals surface area contributed by atoms with Gasteiger partial charge < -0.3 is 10.2 Å². The van der Waals surface area contributed by atoms with E-state index in [1.54, 1.807) is 42.5 Å². The number of carbonyl (C=O) groups is 2. The van der Waals surface area contributed by atoms with Crippen molar-refractivity contribution in [3.8, 4) is 0 Å². The van der Waals surface area contributed by atoms with E-state index < -0.39 is 16.1 Å². The lowest BCUT2D eigenvalue weighted by atomic mass is 10.0. The molecule has 0 fully saturated rings. The van der Waals surface area contributed by atoms with Crippen molar-refractivity contribution in [2.75, 3.05) is 23.7 Å². The van der Waals surface area contributed by atoms with Crippen molar-refractivity contribution in [1.82, 2.24) is 10.2 Å². The average molecular weight is 639 g/mol. The molecule has 2 amide bonds. The lowest BCUT2D eigenvalue weighted by Gasteiger charge is -2.32. The standard InChI is InChI=1S/C30H34Cl3N3O4S/c1-3-16-34-30(38)28(18-22-9-5-4-6-10-22)35(21-23-14-15-25(32)20-27(23)33)29(37)13-8-17-36(41(2,39)40)26-12-7-11-24(31)19-26/h4-7,9-12,14-15,19-20,28H,3,8,13,16-18,21H2,1-2H3,(H,34,38)/t28-/m0/s1. The summed E-state index contributed by atoms with van der Waals surface area (Å²) in [4.78, 5) is 28.8. The molecule has 0 spiro atoms. The monoisotopic (exact) mass is 637 g/mol. The van der Waals surface area contributed by atoms with E-state index in [2.05, 4.69) is 5.32 Å². The molecule has 0 aliphatic heterocycles. The van der Waals surface area contributed by atoms with Crippen LogP contribution in [0.5, 0.6) is 0 Å². The molecule has 220 valence electrons. The molecular weight excluding hydrogens is 605 g/mol. The third-order valence-corrected chi connectivity index (χ3v) is 8.44. The Balaban J connectivity index is 1.90. The van der Waals surface area contributed by atoms with Crippen LogP contribution >= 0.6 is 34.8 Å². The van der Waals surface area contributed by atoms with Gasteiger partial charge in [-0.3, -0.25) is 13.9 Å². The number of nitrogens with zero attached hydrogens (tertiary/aromatic N) is 2. The number of benzene rings is 3. The Kier molecular flexibility index (Phi) is 12.3. The summed E-state index contributed by atoms with van der Waals surface area (Å²) in [6, 6.07) is 20.2. The van der Waals surface area contributed by atoms with Gasteiger partial charge in [0, 0.05) is 47.5 Å². The largest absolute Gasteiger partial charge is 0.354 e. The zero-order valence-electron chi connectivity index (χ0n) is 23.0. The summed E-state index contributed by atoms with van der Waals surface area (Å²) >= 11 is 18.7. The molecular formula is C30H34Cl3N3O4S. The summed E-state index contributed by atoms with van der Waals surface area (Å²) in [7, 11) is -3.64. The number of amides is 2. The Labute approximate surface area is 257 Å². The van der Waals surface area contributed by atoms with Gasteiger partial charge in [0.1, 0.15) is 6.04 Å². The molecule has 11 heteroatoms. The molecule has 0 unspecified atom stereocenters. The lowest BCUT2D eigenvalue weighted by molar-refractivity contribution is -0.141. The summed E-state index contributed by atoms with van der Waals surface area (Å²) in [5, 5.41) is 4.17. The fraction of sp³-hybridized carbons (Fsp3) is 0.333. The van der Waals surface area contributed by atoms with Crippen LogP contribution in [0.4, 0.5) is 5.69 Å². The summed E-state index contributed by atoms with van der Waals surface area (Å²) in [5.41, 5.74) is 1.95. The first-order valence-corrected chi connectivity index (χ1v) is 16.3. The van der Waals surface area contributed by atoms with Gasteiger partial charge in [-0.05, 0) is 54.3 Å². The van der Waals surface area contributed by atoms with Crippen LogP contribution in [0.25, 0.3) is 0 Å². The third-order valence-electron chi connectivity index (χ3n) is 6.42. The number of anilines is 1. The molecule has 3 rings (SSSR count). The van der Waals surface area contributed by atoms with Gasteiger partial charge in [0.05, 0.1) is 11.9 Å². The van der Waals surface area contributed by atoms with Crippen molar-refractivity contribution in [3.63, 3.8) is 0 Å². The highest BCUT2D eigenvalue weighted by molar-refractivity contribution is 7.92. The fourth-order valence-electron chi connectivity index (χ4n) is 4.39. The van der Waals surface area contributed by atoms with Crippen LogP contribution in [0.1, 0.15) is 37.3 Å². The second-order valence-electron chi connectivity index (χ2n) is 9.67. The number of hydrogen-bond donors (Lipinski definition) is 1. The SMILES string of the molecule is CCCNC(=O)[C@H](Cc1ccccc1)N(Cc1ccc(Cl)cc1Cl)C(=O)CCCN(c1cccc(Cl)c1)S(C)(=O)=O. The highest BCUT2D eigenvalue weighted by Gasteiger charge is 2.31. The van der Waals surface area contributed by atoms with E-state index in [0.717, 1.165) is 18.2 Å². The lowest BCUT2D eigenvalue weighted by Crippen LogP contribution is -2.50. The van der Waals surface area contributed by atoms with Gasteiger partial charge in [-0.1, -0.05) is 84.2 Å². The Morgan fingerprint density at radius 3 is 2.27 bits per heavy atom. The molecule has 0 saturated carbocycles. The van der Waals surface area contributed by atoms with Crippen molar-refractivity contribution < 1.29 is 18.0 Å². The molecule has 41 heavy (non-hydrogen) atoms. The van der Waals surface area contributed by atoms with Gasteiger partial charge in [0.2, 0.25) is 21.8 Å². The van der Waals surface area contributed by atoms with Gasteiger partial charge >= 0.3 is 0 Å². The maximum absolute atomic E-state index is 13.8. The smallest absolute Gasteiger partial charge is 0.243 e. The normalized spacial score (nSPS) is 12.0. The number of hydrogen-bond acceptors (Lipinski definition) is 4. The molecule has 1 N–H and O–H groups in total. The van der Waals surface area contributed by atoms with Gasteiger partial charge in [0.25, 0.3) is 0 Å². The van der Waals surface area contributed by atoms with Gasteiger partial charge in [-0.25, -0.2) is 8.42 Å². The van der Waals surface area contributed by atoms with E-state index in [4.69, 9.17) is 34.8 Å². The van der Waals surface area contributed by atoms with E-state index >= 15 is 0 Å². The molecule has 0 saturated heterocycles. The minimum atomic E-state index is -3.64. The molecule has 0 heterocycles. The second-order valence-corrected chi connectivity index (χ2v) is 12.9. The topological polar surface area (TPSA) is 86.8 Å². The fourth-order valence-corrected chi connectivity index (χ4v) is 6.00. The zero-order valence-corrected chi connectivity index (χ0v) is 26.1. The molecule has 1 atom stereocenters. The number of carbonyl (C=O) groups excluding carboxylic acids is 2. The van der Waals surface area contributed by atoms with E-state index in [9.17, 15) is 18.0 Å². The Hall–Kier alpha value is -2.78. The van der Waals surface area contributed by atoms with Crippen LogP contribution < -0.4 is 9.62 Å². The molecule has 0 radical (unpaired) electrons. The van der Waals surface area contributed by atoms with Crippen LogP contribution in [0, 0.1) is 0 Å². The van der Waals surface area contributed by atoms with E-state index in [0.29, 0.717) is 39.3 Å². The van der Waals surface area contributed by atoms with Gasteiger partial charge in [0.15, 0.2) is 0 Å². The maximum atomic E-state index is 13.8. The molecule has 3 aromatic rings. The minimum absolute atomic E-state index is 0.00411. The van der Waals surface area contributed by atoms with Crippen molar-refractivity contribution >= 4 is 62.3 Å². The quantitative estimate of drug-likeness (QED) is 0.223. The summed E-state index contributed by atoms with van der Waals surface area (Å²) in [6.45, 7) is 2.56. The van der Waals surface area contributed by atoms with E-state index in [1.165, 1.54) is 9.21 Å². The third kappa shape index (κ3) is 9.92. The summed E-state index contributed by atoms with van der Waals surface area (Å²) < 4.78 is 26.4. The van der Waals surface area contributed by atoms with Gasteiger partial charge in [-0.15, -0.1) is 0 Å². The Morgan fingerprint density at radius 2 is 1.63 bits per heavy atom. The number of rotatable bonds is 14. The van der Waals surface area contributed by atoms with Crippen LogP contribution in [0.15, 0.2) is 72.8 Å². The predicted octanol–water partition coefficient (Wildman–Crippen LogP) is 6.36. The average Bonchev–Trinajstić information content (AvgIpc) is 2.92. The minimum Gasteiger partial charge on any atom is -0.354 e. The summed E-state index contributed by atoms with van der Waals surface area (Å²) in [6.07, 6.45) is 2.37. The van der Waals surface area contributed by atoms with E-state index in [1.807, 2.05) is 37.3 Å². The predicted molar refractivity (Wildman–Crippen MR) is 167 cm³/mol. The van der Waals surface area contributed by atoms with Crippen molar-refractivity contribution in [3.05, 3.63) is 99.0 Å². The van der Waals surface area contributed by atoms with Crippen molar-refractivity contribution in [2.45, 2.75) is 45.2 Å². The van der Waals surface area contributed by atoms with Crippen LogP contribution in [-0.2, 0) is 32.6 Å².